The predicted molar refractivity (Wildman–Crippen MR) is 66.4 cm³/mol. The van der Waals surface area contributed by atoms with E-state index in [0.717, 1.165) is 29.8 Å². The van der Waals surface area contributed by atoms with E-state index in [9.17, 15) is 0 Å². The van der Waals surface area contributed by atoms with Crippen molar-refractivity contribution in [3.63, 3.8) is 0 Å². The molecule has 3 heteroatoms. The van der Waals surface area contributed by atoms with Crippen LogP contribution >= 0.6 is 0 Å². The van der Waals surface area contributed by atoms with Crippen LogP contribution in [-0.4, -0.2) is 11.0 Å². The third kappa shape index (κ3) is 4.35. The van der Waals surface area contributed by atoms with Crippen LogP contribution in [0.5, 0.6) is 0 Å². The van der Waals surface area contributed by atoms with Crippen molar-refractivity contribution < 1.29 is 4.42 Å². The number of nitrogens with zero attached hydrogens (tertiary/aromatic N) is 1. The van der Waals surface area contributed by atoms with Crippen LogP contribution in [0.2, 0.25) is 0 Å². The molecule has 1 heterocycles. The van der Waals surface area contributed by atoms with E-state index >= 15 is 0 Å². The first-order chi connectivity index (χ1) is 7.49. The Morgan fingerprint density at radius 2 is 1.88 bits per heavy atom. The Hall–Kier alpha value is -0.830. The van der Waals surface area contributed by atoms with Crippen LogP contribution in [0, 0.1) is 19.8 Å². The molecule has 16 heavy (non-hydrogen) atoms. The van der Waals surface area contributed by atoms with Gasteiger partial charge in [0.25, 0.3) is 0 Å². The van der Waals surface area contributed by atoms with Gasteiger partial charge in [0, 0.05) is 6.04 Å². The summed E-state index contributed by atoms with van der Waals surface area (Å²) in [5.74, 6) is 2.49. The average Bonchev–Trinajstić information content (AvgIpc) is 2.52. The van der Waals surface area contributed by atoms with Crippen LogP contribution in [0.4, 0.5) is 0 Å². The zero-order chi connectivity index (χ0) is 12.1. The normalized spacial score (nSPS) is 13.4. The second-order valence-corrected chi connectivity index (χ2v) is 5.00. The lowest BCUT2D eigenvalue weighted by Crippen LogP contribution is -2.25. The molecule has 0 radical (unpaired) electrons. The van der Waals surface area contributed by atoms with E-state index in [0.29, 0.717) is 6.04 Å². The lowest BCUT2D eigenvalue weighted by molar-refractivity contribution is 0.403. The number of aromatic nitrogens is 1. The molecule has 0 fully saturated rings. The number of aryl methyl sites for hydroxylation is 2. The van der Waals surface area contributed by atoms with Crippen molar-refractivity contribution in [1.29, 1.82) is 0 Å². The van der Waals surface area contributed by atoms with Gasteiger partial charge >= 0.3 is 0 Å². The van der Waals surface area contributed by atoms with Gasteiger partial charge in [-0.3, -0.25) is 0 Å². The van der Waals surface area contributed by atoms with E-state index in [4.69, 9.17) is 4.42 Å². The van der Waals surface area contributed by atoms with Gasteiger partial charge in [0.1, 0.15) is 5.76 Å². The van der Waals surface area contributed by atoms with Crippen LogP contribution in [0.15, 0.2) is 4.42 Å². The molecule has 0 amide bonds. The SMILES string of the molecule is Cc1nc(CNC(C)CCC(C)C)oc1C. The summed E-state index contributed by atoms with van der Waals surface area (Å²) in [6.07, 6.45) is 2.47. The molecule has 1 rings (SSSR count). The van der Waals surface area contributed by atoms with E-state index in [-0.39, 0.29) is 0 Å². The van der Waals surface area contributed by atoms with Crippen molar-refractivity contribution >= 4 is 0 Å². The van der Waals surface area contributed by atoms with Crippen molar-refractivity contribution in [3.05, 3.63) is 17.3 Å². The topological polar surface area (TPSA) is 38.1 Å². The Labute approximate surface area is 98.6 Å². The molecule has 3 nitrogen and oxygen atoms in total. The molecule has 0 bridgehead atoms. The fraction of sp³-hybridized carbons (Fsp3) is 0.769. The van der Waals surface area contributed by atoms with Gasteiger partial charge in [0.15, 0.2) is 0 Å². The van der Waals surface area contributed by atoms with Gasteiger partial charge in [-0.1, -0.05) is 13.8 Å². The van der Waals surface area contributed by atoms with Crippen LogP contribution in [0.1, 0.15) is 51.0 Å². The molecule has 1 aromatic rings. The molecule has 0 aliphatic heterocycles. The van der Waals surface area contributed by atoms with Gasteiger partial charge < -0.3 is 9.73 Å². The zero-order valence-electron chi connectivity index (χ0n) is 11.1. The van der Waals surface area contributed by atoms with Gasteiger partial charge in [-0.2, -0.15) is 0 Å². The lowest BCUT2D eigenvalue weighted by atomic mass is 10.0. The summed E-state index contributed by atoms with van der Waals surface area (Å²) in [5.41, 5.74) is 0.992. The molecule has 1 aromatic heterocycles. The van der Waals surface area contributed by atoms with E-state index in [1.807, 2.05) is 13.8 Å². The Balaban J connectivity index is 2.28. The van der Waals surface area contributed by atoms with Gasteiger partial charge in [-0.25, -0.2) is 4.98 Å². The van der Waals surface area contributed by atoms with Gasteiger partial charge in [0.05, 0.1) is 12.2 Å². The molecular weight excluding hydrogens is 200 g/mol. The maximum Gasteiger partial charge on any atom is 0.208 e. The highest BCUT2D eigenvalue weighted by molar-refractivity contribution is 5.05. The first-order valence-corrected chi connectivity index (χ1v) is 6.15. The average molecular weight is 224 g/mol. The molecule has 0 saturated carbocycles. The smallest absolute Gasteiger partial charge is 0.208 e. The first-order valence-electron chi connectivity index (χ1n) is 6.15. The van der Waals surface area contributed by atoms with E-state index in [1.165, 1.54) is 12.8 Å². The fourth-order valence-corrected chi connectivity index (χ4v) is 1.56. The summed E-state index contributed by atoms with van der Waals surface area (Å²) >= 11 is 0. The van der Waals surface area contributed by atoms with Crippen molar-refractivity contribution in [2.75, 3.05) is 0 Å². The van der Waals surface area contributed by atoms with E-state index in [2.05, 4.69) is 31.1 Å². The Kier molecular flexibility index (Phi) is 5.00. The van der Waals surface area contributed by atoms with E-state index in [1.54, 1.807) is 0 Å². The molecule has 1 atom stereocenters. The molecule has 1 unspecified atom stereocenters. The third-order valence-corrected chi connectivity index (χ3v) is 2.85. The summed E-state index contributed by atoms with van der Waals surface area (Å²) in [7, 11) is 0. The molecule has 0 aliphatic carbocycles. The van der Waals surface area contributed by atoms with Crippen LogP contribution < -0.4 is 5.32 Å². The molecule has 0 aromatic carbocycles. The van der Waals surface area contributed by atoms with Crippen LogP contribution in [-0.2, 0) is 6.54 Å². The molecule has 0 saturated heterocycles. The van der Waals surface area contributed by atoms with Crippen molar-refractivity contribution in [1.82, 2.24) is 10.3 Å². The summed E-state index contributed by atoms with van der Waals surface area (Å²) in [6.45, 7) is 11.4. The minimum atomic E-state index is 0.523. The van der Waals surface area contributed by atoms with Crippen LogP contribution in [0.25, 0.3) is 0 Å². The molecular formula is C13H24N2O. The highest BCUT2D eigenvalue weighted by atomic mass is 16.4. The second kappa shape index (κ2) is 6.04. The Morgan fingerprint density at radius 1 is 1.19 bits per heavy atom. The maximum absolute atomic E-state index is 5.52. The zero-order valence-corrected chi connectivity index (χ0v) is 11.1. The number of nitrogens with one attached hydrogen (secondary N) is 1. The summed E-state index contributed by atoms with van der Waals surface area (Å²) in [4.78, 5) is 4.35. The Morgan fingerprint density at radius 3 is 2.38 bits per heavy atom. The standard InChI is InChI=1S/C13H24N2O/c1-9(2)6-7-10(3)14-8-13-15-11(4)12(5)16-13/h9-10,14H,6-8H2,1-5H3. The minimum absolute atomic E-state index is 0.523. The van der Waals surface area contributed by atoms with Crippen molar-refractivity contribution in [3.8, 4) is 0 Å². The fourth-order valence-electron chi connectivity index (χ4n) is 1.56. The van der Waals surface area contributed by atoms with Gasteiger partial charge in [0.2, 0.25) is 5.89 Å². The summed E-state index contributed by atoms with van der Waals surface area (Å²) < 4.78 is 5.52. The number of hydrogen-bond acceptors (Lipinski definition) is 3. The molecule has 92 valence electrons. The predicted octanol–water partition coefficient (Wildman–Crippen LogP) is 3.21. The van der Waals surface area contributed by atoms with Crippen molar-refractivity contribution in [2.45, 2.75) is 60.0 Å². The molecule has 0 spiro atoms. The van der Waals surface area contributed by atoms with Crippen LogP contribution in [0.3, 0.4) is 0 Å². The third-order valence-electron chi connectivity index (χ3n) is 2.85. The monoisotopic (exact) mass is 224 g/mol. The van der Waals surface area contributed by atoms with E-state index < -0.39 is 0 Å². The second-order valence-electron chi connectivity index (χ2n) is 5.00. The number of hydrogen-bond donors (Lipinski definition) is 1. The van der Waals surface area contributed by atoms with Gasteiger partial charge in [-0.15, -0.1) is 0 Å². The summed E-state index contributed by atoms with van der Waals surface area (Å²) in [6, 6.07) is 0.523. The quantitative estimate of drug-likeness (QED) is 0.806. The minimum Gasteiger partial charge on any atom is -0.444 e. The summed E-state index contributed by atoms with van der Waals surface area (Å²) in [5, 5.41) is 3.44. The highest BCUT2D eigenvalue weighted by Gasteiger charge is 2.07. The highest BCUT2D eigenvalue weighted by Crippen LogP contribution is 2.10. The van der Waals surface area contributed by atoms with Gasteiger partial charge in [-0.05, 0) is 39.5 Å². The molecule has 1 N–H and O–H groups in total. The van der Waals surface area contributed by atoms with Crippen molar-refractivity contribution in [2.24, 2.45) is 5.92 Å². The number of rotatable bonds is 6. The first kappa shape index (κ1) is 13.2. The maximum atomic E-state index is 5.52. The number of oxazole rings is 1. The Bertz CT molecular complexity index is 298. The molecule has 0 aliphatic rings. The largest absolute Gasteiger partial charge is 0.444 e. The lowest BCUT2D eigenvalue weighted by Gasteiger charge is -2.13.